The van der Waals surface area contributed by atoms with Crippen LogP contribution in [0.4, 0.5) is 5.69 Å². The van der Waals surface area contributed by atoms with Crippen molar-refractivity contribution >= 4 is 16.5 Å². The van der Waals surface area contributed by atoms with Crippen molar-refractivity contribution in [3.8, 4) is 0 Å². The normalized spacial score (nSPS) is 12.6. The van der Waals surface area contributed by atoms with Crippen LogP contribution in [0.5, 0.6) is 0 Å². The van der Waals surface area contributed by atoms with Gasteiger partial charge in [0.15, 0.2) is 0 Å². The summed E-state index contributed by atoms with van der Waals surface area (Å²) in [6.07, 6.45) is 0. The summed E-state index contributed by atoms with van der Waals surface area (Å²) < 4.78 is 0. The van der Waals surface area contributed by atoms with Gasteiger partial charge in [-0.1, -0.05) is 36.4 Å². The van der Waals surface area contributed by atoms with Crippen LogP contribution in [0.1, 0.15) is 13.8 Å². The van der Waals surface area contributed by atoms with E-state index in [1.54, 1.807) is 0 Å². The lowest BCUT2D eigenvalue weighted by Crippen LogP contribution is -2.39. The summed E-state index contributed by atoms with van der Waals surface area (Å²) in [6.45, 7) is 6.50. The van der Waals surface area contributed by atoms with E-state index in [1.807, 2.05) is 7.05 Å². The van der Waals surface area contributed by atoms with Crippen molar-refractivity contribution in [1.29, 1.82) is 0 Å². The lowest BCUT2D eigenvalue weighted by atomic mass is 10.1. The highest BCUT2D eigenvalue weighted by atomic mass is 15.2. The molecule has 2 rings (SSSR count). The van der Waals surface area contributed by atoms with Crippen molar-refractivity contribution in [2.24, 2.45) is 0 Å². The summed E-state index contributed by atoms with van der Waals surface area (Å²) in [4.78, 5) is 2.46. The molecule has 1 N–H and O–H groups in total. The minimum atomic E-state index is 0.491. The highest BCUT2D eigenvalue weighted by molar-refractivity contribution is 5.94. The maximum absolute atomic E-state index is 3.26. The van der Waals surface area contributed by atoms with Gasteiger partial charge in [0, 0.05) is 30.2 Å². The number of hydrogen-bond acceptors (Lipinski definition) is 2. The number of likely N-dealkylation sites (N-methyl/N-ethyl adjacent to an activating group) is 2. The van der Waals surface area contributed by atoms with Gasteiger partial charge in [0.05, 0.1) is 0 Å². The van der Waals surface area contributed by atoms with E-state index in [9.17, 15) is 0 Å². The predicted molar refractivity (Wildman–Crippen MR) is 80.4 cm³/mol. The first-order valence-corrected chi connectivity index (χ1v) is 6.67. The first kappa shape index (κ1) is 12.9. The Labute approximate surface area is 110 Å². The minimum Gasteiger partial charge on any atom is -0.367 e. The van der Waals surface area contributed by atoms with Gasteiger partial charge in [-0.05, 0) is 32.3 Å². The van der Waals surface area contributed by atoms with Gasteiger partial charge in [-0.15, -0.1) is 0 Å². The second-order valence-electron chi connectivity index (χ2n) is 4.69. The summed E-state index contributed by atoms with van der Waals surface area (Å²) in [5.74, 6) is 0. The SMILES string of the molecule is CCN(c1cccc2ccccc12)C(C)CNC. The molecule has 2 aromatic rings. The Kier molecular flexibility index (Phi) is 4.21. The van der Waals surface area contributed by atoms with Crippen molar-refractivity contribution in [2.45, 2.75) is 19.9 Å². The Bertz CT molecular complexity index is 502. The first-order valence-electron chi connectivity index (χ1n) is 6.67. The second-order valence-corrected chi connectivity index (χ2v) is 4.69. The van der Waals surface area contributed by atoms with Crippen LogP contribution < -0.4 is 10.2 Å². The Balaban J connectivity index is 2.44. The van der Waals surface area contributed by atoms with Gasteiger partial charge in [0.1, 0.15) is 0 Å². The van der Waals surface area contributed by atoms with Crippen LogP contribution in [-0.2, 0) is 0 Å². The molecule has 0 saturated carbocycles. The van der Waals surface area contributed by atoms with E-state index in [0.29, 0.717) is 6.04 Å². The van der Waals surface area contributed by atoms with E-state index >= 15 is 0 Å². The largest absolute Gasteiger partial charge is 0.367 e. The third-order valence-electron chi connectivity index (χ3n) is 3.45. The third kappa shape index (κ3) is 2.49. The zero-order valence-corrected chi connectivity index (χ0v) is 11.5. The van der Waals surface area contributed by atoms with Gasteiger partial charge in [-0.3, -0.25) is 0 Å². The summed E-state index contributed by atoms with van der Waals surface area (Å²) in [6, 6.07) is 15.6. The molecule has 0 amide bonds. The highest BCUT2D eigenvalue weighted by Crippen LogP contribution is 2.27. The van der Waals surface area contributed by atoms with E-state index in [1.165, 1.54) is 16.5 Å². The van der Waals surface area contributed by atoms with Crippen molar-refractivity contribution in [3.05, 3.63) is 42.5 Å². The van der Waals surface area contributed by atoms with Crippen molar-refractivity contribution in [3.63, 3.8) is 0 Å². The van der Waals surface area contributed by atoms with Crippen LogP contribution in [0.3, 0.4) is 0 Å². The molecule has 0 bridgehead atoms. The number of fused-ring (bicyclic) bond motifs is 1. The Hall–Kier alpha value is -1.54. The number of benzene rings is 2. The Morgan fingerprint density at radius 3 is 2.56 bits per heavy atom. The predicted octanol–water partition coefficient (Wildman–Crippen LogP) is 3.27. The summed E-state index contributed by atoms with van der Waals surface area (Å²) in [5, 5.41) is 5.91. The molecule has 0 heterocycles. The molecular weight excluding hydrogens is 220 g/mol. The lowest BCUT2D eigenvalue weighted by Gasteiger charge is -2.31. The molecule has 0 fully saturated rings. The molecule has 96 valence electrons. The van der Waals surface area contributed by atoms with Crippen molar-refractivity contribution in [2.75, 3.05) is 25.0 Å². The van der Waals surface area contributed by atoms with Gasteiger partial charge in [0.2, 0.25) is 0 Å². The number of rotatable bonds is 5. The maximum Gasteiger partial charge on any atom is 0.0448 e. The lowest BCUT2D eigenvalue weighted by molar-refractivity contribution is 0.606. The zero-order valence-electron chi connectivity index (χ0n) is 11.5. The molecule has 2 heteroatoms. The molecule has 2 nitrogen and oxygen atoms in total. The minimum absolute atomic E-state index is 0.491. The Morgan fingerprint density at radius 2 is 1.83 bits per heavy atom. The molecule has 0 radical (unpaired) electrons. The molecule has 2 aromatic carbocycles. The monoisotopic (exact) mass is 242 g/mol. The van der Waals surface area contributed by atoms with Crippen LogP contribution >= 0.6 is 0 Å². The Morgan fingerprint density at radius 1 is 1.11 bits per heavy atom. The molecular formula is C16H22N2. The second kappa shape index (κ2) is 5.87. The van der Waals surface area contributed by atoms with Gasteiger partial charge in [-0.25, -0.2) is 0 Å². The van der Waals surface area contributed by atoms with Crippen molar-refractivity contribution < 1.29 is 0 Å². The number of nitrogens with one attached hydrogen (secondary N) is 1. The van der Waals surface area contributed by atoms with Gasteiger partial charge >= 0.3 is 0 Å². The van der Waals surface area contributed by atoms with Crippen LogP contribution in [-0.4, -0.2) is 26.2 Å². The molecule has 18 heavy (non-hydrogen) atoms. The molecule has 1 unspecified atom stereocenters. The zero-order chi connectivity index (χ0) is 13.0. The quantitative estimate of drug-likeness (QED) is 0.865. The maximum atomic E-state index is 3.26. The fourth-order valence-corrected chi connectivity index (χ4v) is 2.58. The van der Waals surface area contributed by atoms with E-state index in [2.05, 4.69) is 66.5 Å². The van der Waals surface area contributed by atoms with E-state index < -0.39 is 0 Å². The fraction of sp³-hybridized carbons (Fsp3) is 0.375. The van der Waals surface area contributed by atoms with Crippen LogP contribution in [0.15, 0.2) is 42.5 Å². The summed E-state index contributed by atoms with van der Waals surface area (Å²) in [5.41, 5.74) is 1.33. The topological polar surface area (TPSA) is 15.3 Å². The fourth-order valence-electron chi connectivity index (χ4n) is 2.58. The molecule has 1 atom stereocenters. The standard InChI is InChI=1S/C16H22N2/c1-4-18(13(2)12-17-3)16-11-7-9-14-8-5-6-10-15(14)16/h5-11,13,17H,4,12H2,1-3H3. The van der Waals surface area contributed by atoms with Gasteiger partial charge in [0.25, 0.3) is 0 Å². The molecule has 0 aromatic heterocycles. The number of anilines is 1. The van der Waals surface area contributed by atoms with E-state index in [0.717, 1.165) is 13.1 Å². The number of nitrogens with zero attached hydrogens (tertiary/aromatic N) is 1. The molecule has 0 aliphatic heterocycles. The van der Waals surface area contributed by atoms with Gasteiger partial charge in [-0.2, -0.15) is 0 Å². The average molecular weight is 242 g/mol. The van der Waals surface area contributed by atoms with Crippen LogP contribution in [0, 0.1) is 0 Å². The van der Waals surface area contributed by atoms with Gasteiger partial charge < -0.3 is 10.2 Å². The third-order valence-corrected chi connectivity index (χ3v) is 3.45. The van der Waals surface area contributed by atoms with E-state index in [4.69, 9.17) is 0 Å². The summed E-state index contributed by atoms with van der Waals surface area (Å²) in [7, 11) is 2.01. The molecule has 0 aliphatic carbocycles. The highest BCUT2D eigenvalue weighted by Gasteiger charge is 2.13. The molecule has 0 saturated heterocycles. The number of hydrogen-bond donors (Lipinski definition) is 1. The van der Waals surface area contributed by atoms with Crippen molar-refractivity contribution in [1.82, 2.24) is 5.32 Å². The molecule has 0 spiro atoms. The average Bonchev–Trinajstić information content (AvgIpc) is 2.40. The smallest absolute Gasteiger partial charge is 0.0448 e. The van der Waals surface area contributed by atoms with Crippen LogP contribution in [0.2, 0.25) is 0 Å². The summed E-state index contributed by atoms with van der Waals surface area (Å²) >= 11 is 0. The van der Waals surface area contributed by atoms with E-state index in [-0.39, 0.29) is 0 Å². The first-order chi connectivity index (χ1) is 8.77. The van der Waals surface area contributed by atoms with Crippen LogP contribution in [0.25, 0.3) is 10.8 Å². The molecule has 0 aliphatic rings.